The van der Waals surface area contributed by atoms with Gasteiger partial charge in [-0.15, -0.1) is 0 Å². The highest BCUT2D eigenvalue weighted by atomic mass is 19.1. The Kier molecular flexibility index (Phi) is 5.24. The molecule has 0 saturated carbocycles. The highest BCUT2D eigenvalue weighted by Crippen LogP contribution is 2.18. The van der Waals surface area contributed by atoms with Gasteiger partial charge < -0.3 is 15.7 Å². The molecule has 3 N–H and O–H groups in total. The quantitative estimate of drug-likeness (QED) is 0.776. The first kappa shape index (κ1) is 16.4. The summed E-state index contributed by atoms with van der Waals surface area (Å²) in [5, 5.41) is 22.7. The zero-order chi connectivity index (χ0) is 16.0. The molecule has 0 bridgehead atoms. The SMILES string of the molecule is CCCC(C)(NC(=O)Nc1cccc(F)c1C#N)C(=O)O. The largest absolute Gasteiger partial charge is 0.480 e. The summed E-state index contributed by atoms with van der Waals surface area (Å²) in [7, 11) is 0. The van der Waals surface area contributed by atoms with Gasteiger partial charge >= 0.3 is 12.0 Å². The molecule has 0 aliphatic carbocycles. The summed E-state index contributed by atoms with van der Waals surface area (Å²) < 4.78 is 13.4. The third kappa shape index (κ3) is 3.92. The Labute approximate surface area is 121 Å². The number of carboxylic acids is 1. The first-order valence-corrected chi connectivity index (χ1v) is 6.35. The van der Waals surface area contributed by atoms with E-state index in [4.69, 9.17) is 10.4 Å². The van der Waals surface area contributed by atoms with Crippen LogP contribution in [0.1, 0.15) is 32.3 Å². The monoisotopic (exact) mass is 293 g/mol. The molecule has 112 valence electrons. The second-order valence-electron chi connectivity index (χ2n) is 4.74. The number of urea groups is 1. The van der Waals surface area contributed by atoms with Crippen LogP contribution in [0.5, 0.6) is 0 Å². The Morgan fingerprint density at radius 2 is 2.14 bits per heavy atom. The molecule has 0 spiro atoms. The number of nitrogens with one attached hydrogen (secondary N) is 2. The van der Waals surface area contributed by atoms with Gasteiger partial charge in [-0.2, -0.15) is 5.26 Å². The fraction of sp³-hybridized carbons (Fsp3) is 0.357. The van der Waals surface area contributed by atoms with Gasteiger partial charge in [-0.25, -0.2) is 14.0 Å². The van der Waals surface area contributed by atoms with E-state index < -0.39 is 23.4 Å². The number of anilines is 1. The average molecular weight is 293 g/mol. The van der Waals surface area contributed by atoms with E-state index in [0.717, 1.165) is 6.07 Å². The fourth-order valence-corrected chi connectivity index (χ4v) is 1.87. The lowest BCUT2D eigenvalue weighted by Crippen LogP contribution is -2.53. The molecule has 1 aromatic rings. The summed E-state index contributed by atoms with van der Waals surface area (Å²) in [6.07, 6.45) is 0.802. The lowest BCUT2D eigenvalue weighted by molar-refractivity contribution is -0.143. The molecule has 0 heterocycles. The minimum atomic E-state index is -1.43. The van der Waals surface area contributed by atoms with Gasteiger partial charge in [0.2, 0.25) is 0 Å². The van der Waals surface area contributed by atoms with Gasteiger partial charge in [-0.1, -0.05) is 19.4 Å². The molecule has 1 aromatic carbocycles. The van der Waals surface area contributed by atoms with Gasteiger partial charge in [0.05, 0.1) is 5.69 Å². The molecule has 1 unspecified atom stereocenters. The standard InChI is InChI=1S/C14H16FN3O3/c1-3-7-14(2,12(19)20)18-13(21)17-11-6-4-5-10(15)9(11)8-16/h4-6H,3,7H2,1-2H3,(H,19,20)(H2,17,18,21). The van der Waals surface area contributed by atoms with E-state index in [1.54, 1.807) is 13.0 Å². The molecule has 0 radical (unpaired) electrons. The van der Waals surface area contributed by atoms with Crippen LogP contribution in [0.3, 0.4) is 0 Å². The van der Waals surface area contributed by atoms with Crippen LogP contribution in [-0.4, -0.2) is 22.6 Å². The topological polar surface area (TPSA) is 102 Å². The predicted octanol–water partition coefficient (Wildman–Crippen LogP) is 2.46. The Hall–Kier alpha value is -2.62. The van der Waals surface area contributed by atoms with Crippen molar-refractivity contribution >= 4 is 17.7 Å². The van der Waals surface area contributed by atoms with Crippen molar-refractivity contribution in [3.63, 3.8) is 0 Å². The van der Waals surface area contributed by atoms with E-state index in [-0.39, 0.29) is 17.7 Å². The molecule has 0 aliphatic rings. The molecule has 0 aromatic heterocycles. The lowest BCUT2D eigenvalue weighted by atomic mass is 9.97. The number of rotatable bonds is 5. The molecule has 0 fully saturated rings. The number of carbonyl (C=O) groups is 2. The summed E-state index contributed by atoms with van der Waals surface area (Å²) in [6.45, 7) is 3.18. The van der Waals surface area contributed by atoms with Gasteiger partial charge in [-0.05, 0) is 25.5 Å². The number of halogens is 1. The van der Waals surface area contributed by atoms with Gasteiger partial charge in [0.25, 0.3) is 0 Å². The van der Waals surface area contributed by atoms with Crippen molar-refractivity contribution in [3.05, 3.63) is 29.6 Å². The summed E-state index contributed by atoms with van der Waals surface area (Å²) >= 11 is 0. The molecule has 1 rings (SSSR count). The number of carbonyl (C=O) groups excluding carboxylic acids is 1. The number of amides is 2. The molecule has 2 amide bonds. The Bertz CT molecular complexity index is 598. The maximum Gasteiger partial charge on any atom is 0.329 e. The number of hydrogen-bond acceptors (Lipinski definition) is 3. The number of nitriles is 1. The molecule has 0 saturated heterocycles. The van der Waals surface area contributed by atoms with Crippen molar-refractivity contribution in [1.82, 2.24) is 5.32 Å². The molecule has 7 heteroatoms. The zero-order valence-corrected chi connectivity index (χ0v) is 11.7. The fourth-order valence-electron chi connectivity index (χ4n) is 1.87. The van der Waals surface area contributed by atoms with Crippen molar-refractivity contribution in [2.24, 2.45) is 0 Å². The van der Waals surface area contributed by atoms with Crippen molar-refractivity contribution in [2.75, 3.05) is 5.32 Å². The van der Waals surface area contributed by atoms with E-state index in [0.29, 0.717) is 6.42 Å². The number of benzene rings is 1. The number of carboxylic acid groups (broad SMARTS) is 1. The van der Waals surface area contributed by atoms with Gasteiger partial charge in [0.15, 0.2) is 0 Å². The molecular formula is C14H16FN3O3. The molecule has 21 heavy (non-hydrogen) atoms. The summed E-state index contributed by atoms with van der Waals surface area (Å²) in [5.74, 6) is -1.93. The second-order valence-corrected chi connectivity index (χ2v) is 4.74. The minimum absolute atomic E-state index is 0.0146. The van der Waals surface area contributed by atoms with Crippen molar-refractivity contribution < 1.29 is 19.1 Å². The Morgan fingerprint density at radius 1 is 1.48 bits per heavy atom. The van der Waals surface area contributed by atoms with Crippen LogP contribution in [0.15, 0.2) is 18.2 Å². The van der Waals surface area contributed by atoms with Crippen LogP contribution in [0.2, 0.25) is 0 Å². The molecular weight excluding hydrogens is 277 g/mol. The minimum Gasteiger partial charge on any atom is -0.480 e. The average Bonchev–Trinajstić information content (AvgIpc) is 2.38. The maximum atomic E-state index is 13.4. The highest BCUT2D eigenvalue weighted by Gasteiger charge is 2.34. The maximum absolute atomic E-state index is 13.4. The summed E-state index contributed by atoms with van der Waals surface area (Å²) in [4.78, 5) is 23.1. The van der Waals surface area contributed by atoms with Crippen molar-refractivity contribution in [1.29, 1.82) is 5.26 Å². The molecule has 1 atom stereocenters. The summed E-state index contributed by atoms with van der Waals surface area (Å²) in [6, 6.07) is 4.64. The highest BCUT2D eigenvalue weighted by molar-refractivity contribution is 5.94. The van der Waals surface area contributed by atoms with Crippen molar-refractivity contribution in [3.8, 4) is 6.07 Å². The molecule has 6 nitrogen and oxygen atoms in total. The van der Waals surface area contributed by atoms with Gasteiger partial charge in [0.1, 0.15) is 23.0 Å². The number of nitrogens with zero attached hydrogens (tertiary/aromatic N) is 1. The van der Waals surface area contributed by atoms with Crippen LogP contribution in [0, 0.1) is 17.1 Å². The van der Waals surface area contributed by atoms with Crippen LogP contribution >= 0.6 is 0 Å². The number of aliphatic carboxylic acids is 1. The number of hydrogen-bond donors (Lipinski definition) is 3. The smallest absolute Gasteiger partial charge is 0.329 e. The van der Waals surface area contributed by atoms with Crippen LogP contribution < -0.4 is 10.6 Å². The lowest BCUT2D eigenvalue weighted by Gasteiger charge is -2.25. The zero-order valence-electron chi connectivity index (χ0n) is 11.7. The van der Waals surface area contributed by atoms with E-state index in [1.165, 1.54) is 19.1 Å². The van der Waals surface area contributed by atoms with Gasteiger partial charge in [-0.3, -0.25) is 0 Å². The van der Waals surface area contributed by atoms with E-state index in [9.17, 15) is 14.0 Å². The van der Waals surface area contributed by atoms with E-state index in [2.05, 4.69) is 10.6 Å². The summed E-state index contributed by atoms with van der Waals surface area (Å²) in [5.41, 5.74) is -1.75. The van der Waals surface area contributed by atoms with Gasteiger partial charge in [0, 0.05) is 0 Å². The van der Waals surface area contributed by atoms with E-state index in [1.807, 2.05) is 0 Å². The Morgan fingerprint density at radius 3 is 2.67 bits per heavy atom. The Balaban J connectivity index is 2.90. The van der Waals surface area contributed by atoms with Crippen molar-refractivity contribution in [2.45, 2.75) is 32.2 Å². The third-order valence-electron chi connectivity index (χ3n) is 2.99. The van der Waals surface area contributed by atoms with Crippen LogP contribution in [0.4, 0.5) is 14.9 Å². The predicted molar refractivity (Wildman–Crippen MR) is 74.2 cm³/mol. The molecule has 0 aliphatic heterocycles. The van der Waals surface area contributed by atoms with Crippen LogP contribution in [0.25, 0.3) is 0 Å². The normalized spacial score (nSPS) is 12.9. The third-order valence-corrected chi connectivity index (χ3v) is 2.99. The van der Waals surface area contributed by atoms with Crippen LogP contribution in [-0.2, 0) is 4.79 Å². The van der Waals surface area contributed by atoms with E-state index >= 15 is 0 Å². The first-order chi connectivity index (χ1) is 9.84. The second kappa shape index (κ2) is 6.70. The first-order valence-electron chi connectivity index (χ1n) is 6.35.